The van der Waals surface area contributed by atoms with Crippen molar-refractivity contribution in [3.05, 3.63) is 46.6 Å². The first-order valence-electron chi connectivity index (χ1n) is 9.35. The molecule has 1 amide bonds. The molecule has 0 radical (unpaired) electrons. The zero-order valence-corrected chi connectivity index (χ0v) is 15.1. The summed E-state index contributed by atoms with van der Waals surface area (Å²) >= 11 is 0. The Bertz CT molecular complexity index is 833. The van der Waals surface area contributed by atoms with Gasteiger partial charge in [0.25, 0.3) is 0 Å². The van der Waals surface area contributed by atoms with Crippen molar-refractivity contribution in [1.29, 1.82) is 0 Å². The van der Waals surface area contributed by atoms with Crippen molar-refractivity contribution >= 4 is 11.6 Å². The third kappa shape index (κ3) is 3.25. The number of carbonyl (C=O) groups excluding carboxylic acids is 1. The van der Waals surface area contributed by atoms with E-state index < -0.39 is 0 Å². The van der Waals surface area contributed by atoms with Crippen LogP contribution in [0.1, 0.15) is 25.1 Å². The topological polar surface area (TPSA) is 72.2 Å². The van der Waals surface area contributed by atoms with E-state index in [0.29, 0.717) is 13.0 Å². The first-order valence-corrected chi connectivity index (χ1v) is 9.35. The molecule has 1 unspecified atom stereocenters. The predicted octanol–water partition coefficient (Wildman–Crippen LogP) is 0.929. The van der Waals surface area contributed by atoms with Gasteiger partial charge in [-0.1, -0.05) is 18.2 Å². The number of aryl methyl sites for hydroxylation is 2. The van der Waals surface area contributed by atoms with Crippen molar-refractivity contribution in [2.75, 3.05) is 18.0 Å². The number of benzene rings is 1. The van der Waals surface area contributed by atoms with E-state index in [9.17, 15) is 9.59 Å². The van der Waals surface area contributed by atoms with Gasteiger partial charge in [-0.3, -0.25) is 9.36 Å². The molecule has 1 aromatic carbocycles. The quantitative estimate of drug-likeness (QED) is 0.889. The highest BCUT2D eigenvalue weighted by Crippen LogP contribution is 2.21. The van der Waals surface area contributed by atoms with Gasteiger partial charge in [-0.2, -0.15) is 5.10 Å². The highest BCUT2D eigenvalue weighted by Gasteiger charge is 2.29. The molecule has 1 aromatic heterocycles. The fourth-order valence-corrected chi connectivity index (χ4v) is 3.99. The van der Waals surface area contributed by atoms with Crippen LogP contribution in [0.5, 0.6) is 0 Å². The Balaban J connectivity index is 1.32. The Morgan fingerprint density at radius 1 is 1.15 bits per heavy atom. The van der Waals surface area contributed by atoms with Crippen LogP contribution in [0, 0.1) is 5.92 Å². The number of para-hydroxylation sites is 1. The van der Waals surface area contributed by atoms with Crippen LogP contribution in [0.3, 0.4) is 0 Å². The molecule has 2 aliphatic heterocycles. The highest BCUT2D eigenvalue weighted by molar-refractivity contribution is 5.79. The summed E-state index contributed by atoms with van der Waals surface area (Å²) in [7, 11) is 1.66. The Hall–Kier alpha value is -2.57. The first kappa shape index (κ1) is 16.9. The largest absolute Gasteiger partial charge is 0.371 e. The van der Waals surface area contributed by atoms with Gasteiger partial charge in [0.1, 0.15) is 5.82 Å². The Morgan fingerprint density at radius 2 is 1.88 bits per heavy atom. The van der Waals surface area contributed by atoms with Crippen LogP contribution in [-0.4, -0.2) is 39.4 Å². The Morgan fingerprint density at radius 3 is 2.62 bits per heavy atom. The van der Waals surface area contributed by atoms with E-state index in [2.05, 4.69) is 39.6 Å². The Kier molecular flexibility index (Phi) is 4.53. The van der Waals surface area contributed by atoms with Crippen molar-refractivity contribution in [2.24, 2.45) is 13.0 Å². The van der Waals surface area contributed by atoms with E-state index in [1.54, 1.807) is 11.6 Å². The molecule has 0 spiro atoms. The number of aromatic nitrogens is 3. The average Bonchev–Trinajstić information content (AvgIpc) is 2.96. The fourth-order valence-electron chi connectivity index (χ4n) is 3.99. The summed E-state index contributed by atoms with van der Waals surface area (Å²) in [5, 5.41) is 7.44. The van der Waals surface area contributed by atoms with Gasteiger partial charge in [-0.05, 0) is 31.4 Å². The molecule has 4 rings (SSSR count). The highest BCUT2D eigenvalue weighted by atomic mass is 16.2. The summed E-state index contributed by atoms with van der Waals surface area (Å²) < 4.78 is 3.00. The third-order valence-corrected chi connectivity index (χ3v) is 5.54. The summed E-state index contributed by atoms with van der Waals surface area (Å²) in [5.74, 6) is 0.721. The first-order chi connectivity index (χ1) is 12.6. The van der Waals surface area contributed by atoms with Crippen LogP contribution < -0.4 is 15.9 Å². The molecule has 1 atom stereocenters. The van der Waals surface area contributed by atoms with Gasteiger partial charge in [0.15, 0.2) is 0 Å². The van der Waals surface area contributed by atoms with Crippen LogP contribution in [0.25, 0.3) is 0 Å². The molecular formula is C19H25N5O2. The zero-order chi connectivity index (χ0) is 18.1. The predicted molar refractivity (Wildman–Crippen MR) is 99.1 cm³/mol. The zero-order valence-electron chi connectivity index (χ0n) is 15.1. The van der Waals surface area contributed by atoms with E-state index in [-0.39, 0.29) is 23.6 Å². The van der Waals surface area contributed by atoms with Gasteiger partial charge in [0.2, 0.25) is 5.91 Å². The molecule has 0 saturated carbocycles. The molecule has 138 valence electrons. The number of nitrogens with one attached hydrogen (secondary N) is 1. The maximum Gasteiger partial charge on any atom is 0.345 e. The van der Waals surface area contributed by atoms with E-state index in [1.807, 2.05) is 6.07 Å². The van der Waals surface area contributed by atoms with Crippen molar-refractivity contribution < 1.29 is 4.79 Å². The molecule has 0 aliphatic carbocycles. The second-order valence-electron chi connectivity index (χ2n) is 7.27. The summed E-state index contributed by atoms with van der Waals surface area (Å²) in [6.45, 7) is 2.34. The van der Waals surface area contributed by atoms with E-state index in [0.717, 1.165) is 38.2 Å². The van der Waals surface area contributed by atoms with Gasteiger partial charge < -0.3 is 10.2 Å². The van der Waals surface area contributed by atoms with Gasteiger partial charge in [-0.15, -0.1) is 0 Å². The van der Waals surface area contributed by atoms with E-state index in [4.69, 9.17) is 0 Å². The standard InChI is InChI=1S/C19H25N5O2/c1-22-19(26)24-13-14(7-8-17(24)21-22)18(25)20-15-9-11-23(12-10-15)16-5-3-2-4-6-16/h2-6,14-15H,7-13H2,1H3,(H,20,25). The average molecular weight is 355 g/mol. The maximum absolute atomic E-state index is 12.7. The van der Waals surface area contributed by atoms with Gasteiger partial charge in [-0.25, -0.2) is 9.48 Å². The minimum Gasteiger partial charge on any atom is -0.371 e. The normalized spacial score (nSPS) is 20.7. The second-order valence-corrected chi connectivity index (χ2v) is 7.27. The Labute approximate surface area is 152 Å². The number of nitrogens with zero attached hydrogens (tertiary/aromatic N) is 4. The summed E-state index contributed by atoms with van der Waals surface area (Å²) in [6, 6.07) is 10.6. The lowest BCUT2D eigenvalue weighted by molar-refractivity contribution is -0.126. The molecule has 1 fully saturated rings. The number of hydrogen-bond acceptors (Lipinski definition) is 4. The molecular weight excluding hydrogens is 330 g/mol. The third-order valence-electron chi connectivity index (χ3n) is 5.54. The number of piperidine rings is 1. The molecule has 2 aromatic rings. The van der Waals surface area contributed by atoms with Crippen LogP contribution in [0.15, 0.2) is 35.1 Å². The molecule has 7 nitrogen and oxygen atoms in total. The lowest BCUT2D eigenvalue weighted by Crippen LogP contribution is -2.48. The molecule has 26 heavy (non-hydrogen) atoms. The van der Waals surface area contributed by atoms with Crippen molar-refractivity contribution in [3.63, 3.8) is 0 Å². The van der Waals surface area contributed by atoms with Crippen molar-refractivity contribution in [1.82, 2.24) is 19.7 Å². The molecule has 1 N–H and O–H groups in total. The number of amides is 1. The SMILES string of the molecule is Cn1nc2n(c1=O)CC(C(=O)NC1CCN(c3ccccc3)CC1)CC2. The number of fused-ring (bicyclic) bond motifs is 1. The number of hydrogen-bond donors (Lipinski definition) is 1. The molecule has 7 heteroatoms. The van der Waals surface area contributed by atoms with Gasteiger partial charge in [0.05, 0.1) is 5.92 Å². The minimum absolute atomic E-state index is 0.0737. The van der Waals surface area contributed by atoms with Crippen LogP contribution in [-0.2, 0) is 24.8 Å². The van der Waals surface area contributed by atoms with Crippen LogP contribution in [0.4, 0.5) is 5.69 Å². The molecule has 0 bridgehead atoms. The summed E-state index contributed by atoms with van der Waals surface area (Å²) in [6.07, 6.45) is 3.34. The van der Waals surface area contributed by atoms with E-state index in [1.165, 1.54) is 10.4 Å². The lowest BCUT2D eigenvalue weighted by atomic mass is 9.97. The van der Waals surface area contributed by atoms with Crippen molar-refractivity contribution in [3.8, 4) is 0 Å². The monoisotopic (exact) mass is 355 g/mol. The second kappa shape index (κ2) is 6.97. The van der Waals surface area contributed by atoms with Crippen molar-refractivity contribution in [2.45, 2.75) is 38.3 Å². The number of carbonyl (C=O) groups is 1. The smallest absolute Gasteiger partial charge is 0.345 e. The molecule has 1 saturated heterocycles. The summed E-state index contributed by atoms with van der Waals surface area (Å²) in [5.41, 5.74) is 1.11. The van der Waals surface area contributed by atoms with Crippen LogP contribution >= 0.6 is 0 Å². The minimum atomic E-state index is -0.142. The lowest BCUT2D eigenvalue weighted by Gasteiger charge is -2.34. The fraction of sp³-hybridized carbons (Fsp3) is 0.526. The van der Waals surface area contributed by atoms with Crippen LogP contribution in [0.2, 0.25) is 0 Å². The van der Waals surface area contributed by atoms with E-state index >= 15 is 0 Å². The molecule has 3 heterocycles. The number of anilines is 1. The number of rotatable bonds is 3. The van der Waals surface area contributed by atoms with Gasteiger partial charge in [0, 0.05) is 44.8 Å². The molecule has 2 aliphatic rings. The van der Waals surface area contributed by atoms with Gasteiger partial charge >= 0.3 is 5.69 Å². The summed E-state index contributed by atoms with van der Waals surface area (Å²) in [4.78, 5) is 27.1. The maximum atomic E-state index is 12.7.